The van der Waals surface area contributed by atoms with Crippen molar-refractivity contribution in [3.8, 4) is 0 Å². The van der Waals surface area contributed by atoms with E-state index >= 15 is 0 Å². The third-order valence-electron chi connectivity index (χ3n) is 4.27. The van der Waals surface area contributed by atoms with Crippen molar-refractivity contribution in [3.05, 3.63) is 35.1 Å². The maximum atomic E-state index is 13.5. The van der Waals surface area contributed by atoms with E-state index in [2.05, 4.69) is 25.7 Å². The van der Waals surface area contributed by atoms with Gasteiger partial charge < -0.3 is 4.90 Å². The van der Waals surface area contributed by atoms with Gasteiger partial charge in [0.05, 0.1) is 0 Å². The van der Waals surface area contributed by atoms with Gasteiger partial charge in [-0.25, -0.2) is 4.39 Å². The molecule has 0 radical (unpaired) electrons. The minimum atomic E-state index is -0.301. The zero-order valence-electron chi connectivity index (χ0n) is 13.8. The topological polar surface area (TPSA) is 20.3 Å². The van der Waals surface area contributed by atoms with Crippen molar-refractivity contribution < 1.29 is 9.18 Å². The van der Waals surface area contributed by atoms with E-state index in [0.717, 1.165) is 19.6 Å². The molecule has 1 aromatic rings. The lowest BCUT2D eigenvalue weighted by molar-refractivity contribution is 0.0960. The molecule has 0 fully saturated rings. The monoisotopic (exact) mass is 293 g/mol. The molecular weight excluding hydrogens is 265 g/mol. The number of ketones is 1. The summed E-state index contributed by atoms with van der Waals surface area (Å²) in [5.74, 6) is 0.416. The Balaban J connectivity index is 2.55. The average Bonchev–Trinajstić information content (AvgIpc) is 2.50. The molecule has 0 aliphatic carbocycles. The Morgan fingerprint density at radius 3 is 2.43 bits per heavy atom. The third-order valence-corrected chi connectivity index (χ3v) is 4.27. The van der Waals surface area contributed by atoms with Crippen LogP contribution < -0.4 is 0 Å². The Morgan fingerprint density at radius 2 is 1.90 bits per heavy atom. The number of hydrogen-bond donors (Lipinski definition) is 0. The number of nitrogens with zero attached hydrogens (tertiary/aromatic N) is 1. The molecule has 2 nitrogen and oxygen atoms in total. The van der Waals surface area contributed by atoms with E-state index < -0.39 is 0 Å². The van der Waals surface area contributed by atoms with E-state index in [4.69, 9.17) is 0 Å². The molecule has 0 saturated carbocycles. The summed E-state index contributed by atoms with van der Waals surface area (Å²) in [6.07, 6.45) is 2.80. The first-order chi connectivity index (χ1) is 10.0. The molecule has 0 spiro atoms. The van der Waals surface area contributed by atoms with Crippen LogP contribution in [-0.2, 0) is 0 Å². The minimum absolute atomic E-state index is 0.0249. The molecule has 0 N–H and O–H groups in total. The largest absolute Gasteiger partial charge is 0.303 e. The fourth-order valence-electron chi connectivity index (χ4n) is 2.46. The minimum Gasteiger partial charge on any atom is -0.303 e. The summed E-state index contributed by atoms with van der Waals surface area (Å²) in [4.78, 5) is 14.5. The van der Waals surface area contributed by atoms with Gasteiger partial charge in [-0.05, 0) is 31.0 Å². The van der Waals surface area contributed by atoms with Gasteiger partial charge in [0.15, 0.2) is 5.78 Å². The van der Waals surface area contributed by atoms with Crippen LogP contribution in [0.15, 0.2) is 18.2 Å². The number of halogens is 1. The summed E-state index contributed by atoms with van der Waals surface area (Å²) in [5, 5.41) is 0. The number of carbonyl (C=O) groups excluding carboxylic acids is 1. The lowest BCUT2D eigenvalue weighted by atomic mass is 10.0. The van der Waals surface area contributed by atoms with Crippen molar-refractivity contribution in [2.75, 3.05) is 19.6 Å². The van der Waals surface area contributed by atoms with Crippen LogP contribution in [0.1, 0.15) is 56.0 Å². The van der Waals surface area contributed by atoms with E-state index in [1.807, 2.05) is 0 Å². The van der Waals surface area contributed by atoms with Gasteiger partial charge in [-0.2, -0.15) is 0 Å². The van der Waals surface area contributed by atoms with E-state index in [1.165, 1.54) is 18.9 Å². The molecule has 3 heteroatoms. The summed E-state index contributed by atoms with van der Waals surface area (Å²) < 4.78 is 13.5. The summed E-state index contributed by atoms with van der Waals surface area (Å²) in [5.41, 5.74) is 1.06. The highest BCUT2D eigenvalue weighted by Gasteiger charge is 2.13. The van der Waals surface area contributed by atoms with Crippen LogP contribution in [0.4, 0.5) is 4.39 Å². The van der Waals surface area contributed by atoms with Crippen LogP contribution in [0.3, 0.4) is 0 Å². The fraction of sp³-hybridized carbons (Fsp3) is 0.611. The van der Waals surface area contributed by atoms with Gasteiger partial charge in [-0.15, -0.1) is 0 Å². The van der Waals surface area contributed by atoms with E-state index in [1.54, 1.807) is 19.1 Å². The molecule has 0 atom stereocenters. The lowest BCUT2D eigenvalue weighted by Gasteiger charge is -2.24. The normalized spacial score (nSPS) is 11.4. The molecule has 21 heavy (non-hydrogen) atoms. The summed E-state index contributed by atoms with van der Waals surface area (Å²) in [6, 6.07) is 4.75. The number of Topliss-reactive ketones (excluding diaryl/α,β-unsaturated/α-hetero) is 1. The standard InChI is InChI=1S/C18H28FNO/c1-5-15(6-2)13-20(7-3)11-10-18(21)16-9-8-14(4)17(19)12-16/h8-9,12,15H,5-7,10-11,13H2,1-4H3. The van der Waals surface area contributed by atoms with E-state index in [-0.39, 0.29) is 11.6 Å². The number of rotatable bonds is 9. The lowest BCUT2D eigenvalue weighted by Crippen LogP contribution is -2.31. The molecule has 118 valence electrons. The highest BCUT2D eigenvalue weighted by molar-refractivity contribution is 5.96. The van der Waals surface area contributed by atoms with Gasteiger partial charge in [-0.1, -0.05) is 45.7 Å². The quantitative estimate of drug-likeness (QED) is 0.626. The first-order valence-corrected chi connectivity index (χ1v) is 8.03. The van der Waals surface area contributed by atoms with Gasteiger partial charge in [0.2, 0.25) is 0 Å². The molecule has 0 aliphatic rings. The van der Waals surface area contributed by atoms with Crippen LogP contribution in [0.5, 0.6) is 0 Å². The first kappa shape index (κ1) is 17.8. The van der Waals surface area contributed by atoms with Gasteiger partial charge in [0.25, 0.3) is 0 Å². The third kappa shape index (κ3) is 5.58. The van der Waals surface area contributed by atoms with Crippen molar-refractivity contribution >= 4 is 5.78 Å². The summed E-state index contributed by atoms with van der Waals surface area (Å²) in [6.45, 7) is 11.0. The van der Waals surface area contributed by atoms with Crippen LogP contribution >= 0.6 is 0 Å². The number of hydrogen-bond acceptors (Lipinski definition) is 2. The van der Waals surface area contributed by atoms with Crippen molar-refractivity contribution in [1.29, 1.82) is 0 Å². The van der Waals surface area contributed by atoms with Gasteiger partial charge in [0.1, 0.15) is 5.82 Å². The summed E-state index contributed by atoms with van der Waals surface area (Å²) in [7, 11) is 0. The summed E-state index contributed by atoms with van der Waals surface area (Å²) >= 11 is 0. The smallest absolute Gasteiger partial charge is 0.164 e. The Morgan fingerprint density at radius 1 is 1.24 bits per heavy atom. The molecule has 0 bridgehead atoms. The Hall–Kier alpha value is -1.22. The first-order valence-electron chi connectivity index (χ1n) is 8.03. The highest BCUT2D eigenvalue weighted by Crippen LogP contribution is 2.13. The predicted octanol–water partition coefficient (Wildman–Crippen LogP) is 4.47. The molecule has 0 heterocycles. The Labute approximate surface area is 128 Å². The van der Waals surface area contributed by atoms with Crippen LogP contribution in [-0.4, -0.2) is 30.3 Å². The second-order valence-corrected chi connectivity index (χ2v) is 5.71. The molecule has 0 aliphatic heterocycles. The number of benzene rings is 1. The maximum absolute atomic E-state index is 13.5. The molecule has 0 aromatic heterocycles. The number of aryl methyl sites for hydroxylation is 1. The van der Waals surface area contributed by atoms with Crippen LogP contribution in [0, 0.1) is 18.7 Å². The maximum Gasteiger partial charge on any atom is 0.164 e. The number of carbonyl (C=O) groups is 1. The second-order valence-electron chi connectivity index (χ2n) is 5.71. The zero-order valence-corrected chi connectivity index (χ0v) is 13.8. The zero-order chi connectivity index (χ0) is 15.8. The Bertz CT molecular complexity index is 455. The van der Waals surface area contributed by atoms with Gasteiger partial charge in [0, 0.05) is 25.1 Å². The molecule has 0 saturated heterocycles. The second kappa shape index (κ2) is 8.93. The molecule has 1 rings (SSSR count). The van der Waals surface area contributed by atoms with Crippen LogP contribution in [0.25, 0.3) is 0 Å². The SMILES string of the molecule is CCC(CC)CN(CC)CCC(=O)c1ccc(C)c(F)c1. The molecule has 0 amide bonds. The van der Waals surface area contributed by atoms with Crippen molar-refractivity contribution in [1.82, 2.24) is 4.90 Å². The van der Waals surface area contributed by atoms with Crippen LogP contribution in [0.2, 0.25) is 0 Å². The molecule has 1 aromatic carbocycles. The van der Waals surface area contributed by atoms with E-state index in [9.17, 15) is 9.18 Å². The van der Waals surface area contributed by atoms with Gasteiger partial charge >= 0.3 is 0 Å². The van der Waals surface area contributed by atoms with Crippen molar-refractivity contribution in [2.24, 2.45) is 5.92 Å². The fourth-order valence-corrected chi connectivity index (χ4v) is 2.46. The van der Waals surface area contributed by atoms with E-state index in [0.29, 0.717) is 23.5 Å². The van der Waals surface area contributed by atoms with Crippen molar-refractivity contribution in [2.45, 2.75) is 47.0 Å². The average molecular weight is 293 g/mol. The predicted molar refractivity (Wildman–Crippen MR) is 86.3 cm³/mol. The van der Waals surface area contributed by atoms with Gasteiger partial charge in [-0.3, -0.25) is 4.79 Å². The van der Waals surface area contributed by atoms with Crippen molar-refractivity contribution in [3.63, 3.8) is 0 Å². The highest BCUT2D eigenvalue weighted by atomic mass is 19.1. The Kier molecular flexibility index (Phi) is 7.58. The molecular formula is C18H28FNO. The molecule has 0 unspecified atom stereocenters.